The highest BCUT2D eigenvalue weighted by molar-refractivity contribution is 6.05. The van der Waals surface area contributed by atoms with Crippen molar-refractivity contribution in [1.82, 2.24) is 10.2 Å². The summed E-state index contributed by atoms with van der Waals surface area (Å²) in [5.74, 6) is -1.51. The fourth-order valence-electron chi connectivity index (χ4n) is 2.82. The first-order valence-electron chi connectivity index (χ1n) is 6.87. The number of imide groups is 1. The van der Waals surface area contributed by atoms with Gasteiger partial charge in [-0.1, -0.05) is 0 Å². The summed E-state index contributed by atoms with van der Waals surface area (Å²) in [6.07, 6.45) is 0.526. The van der Waals surface area contributed by atoms with Crippen molar-refractivity contribution in [2.24, 2.45) is 0 Å². The van der Waals surface area contributed by atoms with Crippen molar-refractivity contribution in [2.75, 3.05) is 7.11 Å². The lowest BCUT2D eigenvalue weighted by atomic mass is 10.0. The molecule has 1 saturated heterocycles. The molecule has 1 N–H and O–H groups in total. The smallest absolute Gasteiger partial charge is 0.337 e. The summed E-state index contributed by atoms with van der Waals surface area (Å²) in [6.45, 7) is 0.241. The number of carbonyl (C=O) groups is 4. The average Bonchev–Trinajstić information content (AvgIpc) is 2.83. The Morgan fingerprint density at radius 1 is 1.32 bits per heavy atom. The molecule has 0 bridgehead atoms. The van der Waals surface area contributed by atoms with Gasteiger partial charge in [0.25, 0.3) is 5.91 Å². The molecule has 114 valence electrons. The van der Waals surface area contributed by atoms with Crippen LogP contribution in [-0.2, 0) is 20.9 Å². The van der Waals surface area contributed by atoms with Gasteiger partial charge in [-0.2, -0.15) is 0 Å². The average molecular weight is 302 g/mol. The molecule has 3 amide bonds. The minimum Gasteiger partial charge on any atom is -0.465 e. The Balaban J connectivity index is 1.86. The SMILES string of the molecule is COC(=O)c1ccc2c(c1)CN(C1CCC(=O)NC1=O)C2=O. The summed E-state index contributed by atoms with van der Waals surface area (Å²) < 4.78 is 4.66. The van der Waals surface area contributed by atoms with E-state index in [0.29, 0.717) is 23.1 Å². The molecule has 22 heavy (non-hydrogen) atoms. The van der Waals surface area contributed by atoms with Crippen molar-refractivity contribution in [3.63, 3.8) is 0 Å². The van der Waals surface area contributed by atoms with Gasteiger partial charge in [0.15, 0.2) is 0 Å². The Morgan fingerprint density at radius 2 is 2.09 bits per heavy atom. The van der Waals surface area contributed by atoms with E-state index in [1.807, 2.05) is 0 Å². The van der Waals surface area contributed by atoms with Gasteiger partial charge in [0, 0.05) is 18.5 Å². The highest BCUT2D eigenvalue weighted by Gasteiger charge is 2.39. The molecule has 1 aromatic carbocycles. The number of fused-ring (bicyclic) bond motifs is 1. The second-order valence-corrected chi connectivity index (χ2v) is 5.26. The molecular weight excluding hydrogens is 288 g/mol. The molecule has 2 heterocycles. The summed E-state index contributed by atoms with van der Waals surface area (Å²) in [5, 5.41) is 2.25. The van der Waals surface area contributed by atoms with Crippen LogP contribution in [0.15, 0.2) is 18.2 Å². The Hall–Kier alpha value is -2.70. The predicted molar refractivity (Wildman–Crippen MR) is 73.8 cm³/mol. The summed E-state index contributed by atoms with van der Waals surface area (Å²) in [4.78, 5) is 48.5. The van der Waals surface area contributed by atoms with Gasteiger partial charge in [-0.15, -0.1) is 0 Å². The molecule has 1 fully saturated rings. The van der Waals surface area contributed by atoms with E-state index in [4.69, 9.17) is 0 Å². The van der Waals surface area contributed by atoms with Crippen LogP contribution in [0.1, 0.15) is 39.1 Å². The Labute approximate surface area is 126 Å². The van der Waals surface area contributed by atoms with E-state index in [-0.39, 0.29) is 24.8 Å². The first-order chi connectivity index (χ1) is 10.5. The van der Waals surface area contributed by atoms with Crippen molar-refractivity contribution in [3.8, 4) is 0 Å². The molecule has 1 atom stereocenters. The predicted octanol–water partition coefficient (Wildman–Crippen LogP) is 0.234. The second kappa shape index (κ2) is 5.25. The van der Waals surface area contributed by atoms with Crippen molar-refractivity contribution < 1.29 is 23.9 Å². The molecule has 0 saturated carbocycles. The first-order valence-corrected chi connectivity index (χ1v) is 6.87. The number of rotatable bonds is 2. The van der Waals surface area contributed by atoms with Gasteiger partial charge in [0.1, 0.15) is 6.04 Å². The van der Waals surface area contributed by atoms with Crippen molar-refractivity contribution in [2.45, 2.75) is 25.4 Å². The lowest BCUT2D eigenvalue weighted by Crippen LogP contribution is -2.52. The molecule has 0 spiro atoms. The highest BCUT2D eigenvalue weighted by Crippen LogP contribution is 2.28. The highest BCUT2D eigenvalue weighted by atomic mass is 16.5. The molecule has 1 unspecified atom stereocenters. The van der Waals surface area contributed by atoms with Crippen LogP contribution < -0.4 is 5.32 Å². The zero-order chi connectivity index (χ0) is 15.9. The molecule has 7 nitrogen and oxygen atoms in total. The maximum Gasteiger partial charge on any atom is 0.337 e. The Morgan fingerprint density at radius 3 is 2.77 bits per heavy atom. The van der Waals surface area contributed by atoms with Crippen molar-refractivity contribution in [1.29, 1.82) is 0 Å². The number of carbonyl (C=O) groups excluding carboxylic acids is 4. The summed E-state index contributed by atoms with van der Waals surface area (Å²) in [5.41, 5.74) is 1.51. The maximum absolute atomic E-state index is 12.4. The van der Waals surface area contributed by atoms with Gasteiger partial charge in [0.05, 0.1) is 12.7 Å². The summed E-state index contributed by atoms with van der Waals surface area (Å²) in [6, 6.07) is 4.04. The van der Waals surface area contributed by atoms with Crippen LogP contribution in [0.2, 0.25) is 0 Å². The van der Waals surface area contributed by atoms with E-state index >= 15 is 0 Å². The third-order valence-electron chi connectivity index (χ3n) is 3.94. The van der Waals surface area contributed by atoms with Crippen LogP contribution in [-0.4, -0.2) is 41.7 Å². The number of nitrogens with one attached hydrogen (secondary N) is 1. The minimum absolute atomic E-state index is 0.212. The largest absolute Gasteiger partial charge is 0.465 e. The van der Waals surface area contributed by atoms with E-state index in [9.17, 15) is 19.2 Å². The number of esters is 1. The Kier molecular flexibility index (Phi) is 3.40. The van der Waals surface area contributed by atoms with Gasteiger partial charge >= 0.3 is 5.97 Å². The summed E-state index contributed by atoms with van der Waals surface area (Å²) in [7, 11) is 1.29. The van der Waals surface area contributed by atoms with E-state index in [2.05, 4.69) is 10.1 Å². The number of ether oxygens (including phenoxy) is 1. The fourth-order valence-corrected chi connectivity index (χ4v) is 2.82. The zero-order valence-electron chi connectivity index (χ0n) is 11.9. The van der Waals surface area contributed by atoms with Crippen LogP contribution in [0.4, 0.5) is 0 Å². The van der Waals surface area contributed by atoms with Crippen LogP contribution in [0.25, 0.3) is 0 Å². The Bertz CT molecular complexity index is 697. The van der Waals surface area contributed by atoms with E-state index in [0.717, 1.165) is 0 Å². The van der Waals surface area contributed by atoms with Gasteiger partial charge in [-0.05, 0) is 30.2 Å². The normalized spacial score (nSPS) is 20.7. The summed E-state index contributed by atoms with van der Waals surface area (Å²) >= 11 is 0. The minimum atomic E-state index is -0.654. The molecule has 7 heteroatoms. The molecule has 0 aromatic heterocycles. The molecule has 2 aliphatic rings. The maximum atomic E-state index is 12.4. The first kappa shape index (κ1) is 14.2. The van der Waals surface area contributed by atoms with Crippen molar-refractivity contribution >= 4 is 23.7 Å². The molecule has 0 aliphatic carbocycles. The van der Waals surface area contributed by atoms with E-state index < -0.39 is 17.9 Å². The van der Waals surface area contributed by atoms with Gasteiger partial charge in [-0.3, -0.25) is 19.7 Å². The van der Waals surface area contributed by atoms with E-state index in [1.54, 1.807) is 12.1 Å². The fraction of sp³-hybridized carbons (Fsp3) is 0.333. The topological polar surface area (TPSA) is 92.8 Å². The van der Waals surface area contributed by atoms with Crippen LogP contribution in [0, 0.1) is 0 Å². The number of benzene rings is 1. The second-order valence-electron chi connectivity index (χ2n) is 5.26. The van der Waals surface area contributed by atoms with E-state index in [1.165, 1.54) is 18.1 Å². The zero-order valence-corrected chi connectivity index (χ0v) is 11.9. The number of methoxy groups -OCH3 is 1. The number of hydrogen-bond acceptors (Lipinski definition) is 5. The third kappa shape index (κ3) is 2.24. The lowest BCUT2D eigenvalue weighted by Gasteiger charge is -2.29. The quantitative estimate of drug-likeness (QED) is 0.624. The number of piperidine rings is 1. The molecule has 0 radical (unpaired) electrons. The van der Waals surface area contributed by atoms with Gasteiger partial charge < -0.3 is 9.64 Å². The molecular formula is C15H14N2O5. The third-order valence-corrected chi connectivity index (χ3v) is 3.94. The standard InChI is InChI=1S/C15H14N2O5/c1-22-15(21)8-2-3-10-9(6-8)7-17(14(10)20)11-4-5-12(18)16-13(11)19/h2-3,6,11H,4-5,7H2,1H3,(H,16,18,19). The number of nitrogens with zero attached hydrogens (tertiary/aromatic N) is 1. The van der Waals surface area contributed by atoms with Crippen molar-refractivity contribution in [3.05, 3.63) is 34.9 Å². The van der Waals surface area contributed by atoms with Gasteiger partial charge in [0.2, 0.25) is 11.8 Å². The molecule has 2 aliphatic heterocycles. The lowest BCUT2D eigenvalue weighted by molar-refractivity contribution is -0.136. The van der Waals surface area contributed by atoms with Gasteiger partial charge in [-0.25, -0.2) is 4.79 Å². The van der Waals surface area contributed by atoms with Crippen LogP contribution in [0.5, 0.6) is 0 Å². The molecule has 1 aromatic rings. The number of hydrogen-bond donors (Lipinski definition) is 1. The van der Waals surface area contributed by atoms with Crippen LogP contribution in [0.3, 0.4) is 0 Å². The monoisotopic (exact) mass is 302 g/mol. The number of amides is 3. The molecule has 3 rings (SSSR count). The van der Waals surface area contributed by atoms with Crippen LogP contribution >= 0.6 is 0 Å².